The molecule has 1 unspecified atom stereocenters. The normalized spacial score (nSPS) is 12.1. The third kappa shape index (κ3) is 5.33. The largest absolute Gasteiger partial charge is 0.478 e. The summed E-state index contributed by atoms with van der Waals surface area (Å²) in [6.07, 6.45) is 1.37. The van der Waals surface area contributed by atoms with Gasteiger partial charge in [0.05, 0.1) is 6.54 Å². The minimum atomic E-state index is -1.12. The third-order valence-electron chi connectivity index (χ3n) is 6.04. The molecule has 4 rings (SSSR count). The number of imidazole rings is 1. The summed E-state index contributed by atoms with van der Waals surface area (Å²) in [6, 6.07) is 14.7. The average molecular weight is 492 g/mol. The van der Waals surface area contributed by atoms with Crippen molar-refractivity contribution in [2.24, 2.45) is 0 Å². The van der Waals surface area contributed by atoms with E-state index in [1.54, 1.807) is 24.3 Å². The first-order chi connectivity index (χ1) is 16.8. The summed E-state index contributed by atoms with van der Waals surface area (Å²) >= 11 is 5.97. The summed E-state index contributed by atoms with van der Waals surface area (Å²) in [4.78, 5) is 21.6. The van der Waals surface area contributed by atoms with E-state index in [0.29, 0.717) is 22.9 Å². The van der Waals surface area contributed by atoms with Crippen molar-refractivity contribution < 1.29 is 14.6 Å². The summed E-state index contributed by atoms with van der Waals surface area (Å²) in [7, 11) is 0. The number of aromatic nitrogens is 3. The fraction of sp³-hybridized carbons (Fsp3) is 0.321. The van der Waals surface area contributed by atoms with Crippen LogP contribution in [0.15, 0.2) is 48.5 Å². The van der Waals surface area contributed by atoms with Crippen molar-refractivity contribution in [3.05, 3.63) is 87.3 Å². The zero-order valence-corrected chi connectivity index (χ0v) is 21.3. The number of carboxylic acids is 1. The van der Waals surface area contributed by atoms with Crippen molar-refractivity contribution >= 4 is 28.7 Å². The smallest absolute Gasteiger partial charge is 0.349 e. The lowest BCUT2D eigenvalue weighted by Crippen LogP contribution is -2.19. The van der Waals surface area contributed by atoms with Gasteiger partial charge in [-0.15, -0.1) is 0 Å². The maximum atomic E-state index is 12.0. The molecule has 1 atom stereocenters. The number of carbonyl (C=O) groups is 1. The van der Waals surface area contributed by atoms with Crippen molar-refractivity contribution in [1.82, 2.24) is 14.5 Å². The van der Waals surface area contributed by atoms with Gasteiger partial charge in [0.2, 0.25) is 6.10 Å². The van der Waals surface area contributed by atoms with Crippen LogP contribution in [0.2, 0.25) is 5.02 Å². The van der Waals surface area contributed by atoms with E-state index in [9.17, 15) is 9.90 Å². The molecule has 0 spiro atoms. The molecule has 35 heavy (non-hydrogen) atoms. The number of fused-ring (bicyclic) bond motifs is 1. The lowest BCUT2D eigenvalue weighted by molar-refractivity contribution is -0.145. The van der Waals surface area contributed by atoms with Crippen LogP contribution in [0.25, 0.3) is 11.2 Å². The lowest BCUT2D eigenvalue weighted by atomic mass is 10.0. The quantitative estimate of drug-likeness (QED) is 0.290. The number of rotatable bonds is 9. The van der Waals surface area contributed by atoms with Gasteiger partial charge in [0.15, 0.2) is 5.65 Å². The Balaban J connectivity index is 1.69. The molecule has 0 saturated heterocycles. The van der Waals surface area contributed by atoms with Crippen LogP contribution >= 0.6 is 11.6 Å². The number of pyridine rings is 1. The molecule has 4 aromatic rings. The van der Waals surface area contributed by atoms with Crippen LogP contribution < -0.4 is 4.74 Å². The fourth-order valence-electron chi connectivity index (χ4n) is 4.40. The Morgan fingerprint density at radius 2 is 1.83 bits per heavy atom. The predicted octanol–water partition coefficient (Wildman–Crippen LogP) is 6.47. The van der Waals surface area contributed by atoms with Gasteiger partial charge in [0, 0.05) is 22.7 Å². The number of ether oxygens (including phenoxy) is 1. The van der Waals surface area contributed by atoms with E-state index in [0.717, 1.165) is 58.6 Å². The van der Waals surface area contributed by atoms with E-state index in [1.807, 2.05) is 19.1 Å². The second kappa shape index (κ2) is 10.5. The van der Waals surface area contributed by atoms with Crippen molar-refractivity contribution in [2.45, 2.75) is 59.6 Å². The van der Waals surface area contributed by atoms with Crippen LogP contribution in [0.4, 0.5) is 0 Å². The molecule has 2 aromatic carbocycles. The molecule has 0 radical (unpaired) electrons. The van der Waals surface area contributed by atoms with E-state index in [1.165, 1.54) is 0 Å². The molecule has 6 nitrogen and oxygen atoms in total. The number of nitrogens with zero attached hydrogens (tertiary/aromatic N) is 3. The second-order valence-electron chi connectivity index (χ2n) is 8.80. The number of hydrogen-bond donors (Lipinski definition) is 1. The zero-order valence-electron chi connectivity index (χ0n) is 20.5. The van der Waals surface area contributed by atoms with E-state index in [2.05, 4.69) is 37.5 Å². The van der Waals surface area contributed by atoms with E-state index < -0.39 is 12.1 Å². The van der Waals surface area contributed by atoms with Gasteiger partial charge < -0.3 is 14.4 Å². The van der Waals surface area contributed by atoms with Crippen LogP contribution in [-0.2, 0) is 24.2 Å². The van der Waals surface area contributed by atoms with Gasteiger partial charge in [0.1, 0.15) is 17.1 Å². The summed E-state index contributed by atoms with van der Waals surface area (Å²) in [5, 5.41) is 10.4. The summed E-state index contributed by atoms with van der Waals surface area (Å²) in [5.74, 6) is 0.523. The second-order valence-corrected chi connectivity index (χ2v) is 9.24. The monoisotopic (exact) mass is 491 g/mol. The average Bonchev–Trinajstić information content (AvgIpc) is 3.17. The van der Waals surface area contributed by atoms with Crippen molar-refractivity contribution in [1.29, 1.82) is 0 Å². The van der Waals surface area contributed by atoms with Gasteiger partial charge in [-0.25, -0.2) is 14.8 Å². The van der Waals surface area contributed by atoms with Gasteiger partial charge in [-0.05, 0) is 61.2 Å². The third-order valence-corrected chi connectivity index (χ3v) is 6.30. The van der Waals surface area contributed by atoms with Crippen LogP contribution in [0.1, 0.15) is 60.1 Å². The molecular formula is C28H30ClN3O3. The van der Waals surface area contributed by atoms with Crippen LogP contribution in [-0.4, -0.2) is 25.6 Å². The predicted molar refractivity (Wildman–Crippen MR) is 138 cm³/mol. The van der Waals surface area contributed by atoms with Crippen LogP contribution in [0.5, 0.6) is 5.75 Å². The summed E-state index contributed by atoms with van der Waals surface area (Å²) < 4.78 is 8.22. The van der Waals surface area contributed by atoms with Crippen molar-refractivity contribution in [2.75, 3.05) is 0 Å². The first kappa shape index (κ1) is 24.7. The van der Waals surface area contributed by atoms with Gasteiger partial charge in [-0.3, -0.25) is 0 Å². The first-order valence-corrected chi connectivity index (χ1v) is 12.3. The zero-order chi connectivity index (χ0) is 25.1. The topological polar surface area (TPSA) is 77.2 Å². The van der Waals surface area contributed by atoms with Gasteiger partial charge in [-0.2, -0.15) is 0 Å². The molecule has 0 aliphatic rings. The van der Waals surface area contributed by atoms with Crippen LogP contribution in [0, 0.1) is 13.8 Å². The molecule has 1 N–H and O–H groups in total. The number of aryl methyl sites for hydroxylation is 4. The highest BCUT2D eigenvalue weighted by atomic mass is 35.5. The van der Waals surface area contributed by atoms with E-state index in [-0.39, 0.29) is 0 Å². The van der Waals surface area contributed by atoms with E-state index in [4.69, 9.17) is 26.3 Å². The SMILES string of the molecule is CCCc1cc(Cn2c(CC)nc3c(C)cc(C)nc32)ccc1OC(C(=O)O)c1ccc(Cl)cc1. The lowest BCUT2D eigenvalue weighted by Gasteiger charge is -2.19. The minimum Gasteiger partial charge on any atom is -0.478 e. The van der Waals surface area contributed by atoms with Crippen molar-refractivity contribution in [3.63, 3.8) is 0 Å². The molecule has 0 amide bonds. The molecule has 0 bridgehead atoms. The number of hydrogen-bond acceptors (Lipinski definition) is 4. The highest BCUT2D eigenvalue weighted by Gasteiger charge is 2.23. The van der Waals surface area contributed by atoms with E-state index >= 15 is 0 Å². The maximum Gasteiger partial charge on any atom is 0.349 e. The summed E-state index contributed by atoms with van der Waals surface area (Å²) in [5.41, 5.74) is 6.54. The maximum absolute atomic E-state index is 12.0. The molecule has 0 saturated carbocycles. The van der Waals surface area contributed by atoms with Gasteiger partial charge in [-0.1, -0.05) is 56.1 Å². The van der Waals surface area contributed by atoms with Gasteiger partial charge in [0.25, 0.3) is 0 Å². The Hall–Kier alpha value is -3.38. The Morgan fingerprint density at radius 1 is 1.09 bits per heavy atom. The first-order valence-electron chi connectivity index (χ1n) is 11.9. The Kier molecular flexibility index (Phi) is 7.41. The van der Waals surface area contributed by atoms with Crippen LogP contribution in [0.3, 0.4) is 0 Å². The molecule has 0 aliphatic heterocycles. The highest BCUT2D eigenvalue weighted by Crippen LogP contribution is 2.30. The molecule has 7 heteroatoms. The van der Waals surface area contributed by atoms with Gasteiger partial charge >= 0.3 is 5.97 Å². The summed E-state index contributed by atoms with van der Waals surface area (Å²) in [6.45, 7) is 8.89. The number of aliphatic carboxylic acids is 1. The fourth-order valence-corrected chi connectivity index (χ4v) is 4.53. The Bertz CT molecular complexity index is 1360. The number of carboxylic acid groups (broad SMARTS) is 1. The number of benzene rings is 2. The van der Waals surface area contributed by atoms with Crippen molar-refractivity contribution in [3.8, 4) is 5.75 Å². The molecule has 0 fully saturated rings. The number of halogens is 1. The molecule has 2 aromatic heterocycles. The molecule has 0 aliphatic carbocycles. The Labute approximate surface area is 210 Å². The minimum absolute atomic E-state index is 0.544. The highest BCUT2D eigenvalue weighted by molar-refractivity contribution is 6.30. The molecule has 182 valence electrons. The molecule has 2 heterocycles. The molecular weight excluding hydrogens is 462 g/mol. The Morgan fingerprint density at radius 3 is 2.49 bits per heavy atom. The standard InChI is InChI=1S/C28H30ClN3O3/c1-5-7-21-15-19(16-32-24(6-2)31-25-17(3)14-18(4)30-27(25)32)8-13-23(21)35-26(28(33)34)20-9-11-22(29)12-10-20/h8-15,26H,5-7,16H2,1-4H3,(H,33,34).